The number of fused-ring (bicyclic) bond motifs is 1. The highest BCUT2D eigenvalue weighted by atomic mass is 79.9. The van der Waals surface area contributed by atoms with Crippen molar-refractivity contribution in [2.45, 2.75) is 6.10 Å². The molecule has 1 unspecified atom stereocenters. The van der Waals surface area contributed by atoms with Crippen molar-refractivity contribution < 1.29 is 4.74 Å². The lowest BCUT2D eigenvalue weighted by atomic mass is 10.1. The Hall–Kier alpha value is -0.860. The molecule has 3 rings (SSSR count). The van der Waals surface area contributed by atoms with Gasteiger partial charge in [-0.3, -0.25) is 0 Å². The van der Waals surface area contributed by atoms with Crippen molar-refractivity contribution in [1.82, 2.24) is 0 Å². The monoisotopic (exact) mass is 248 g/mol. The molecule has 14 heavy (non-hydrogen) atoms. The summed E-state index contributed by atoms with van der Waals surface area (Å²) >= 11 is 3.64. The number of hydrogen-bond acceptors (Lipinski definition) is 1. The Bertz CT molecular complexity index is 489. The highest BCUT2D eigenvalue weighted by molar-refractivity contribution is 9.10. The van der Waals surface area contributed by atoms with Crippen LogP contribution in [-0.4, -0.2) is 6.61 Å². The number of benzene rings is 2. The number of rotatable bonds is 1. The zero-order chi connectivity index (χ0) is 9.54. The molecule has 0 saturated carbocycles. The summed E-state index contributed by atoms with van der Waals surface area (Å²) in [7, 11) is 0. The van der Waals surface area contributed by atoms with Crippen LogP contribution in [0, 0.1) is 0 Å². The standard InChI is InChI=1S/C12H9BrO/c13-12-9-4-2-1-3-8(9)5-6-10(12)11-7-14-11/h1-6,11H,7H2. The summed E-state index contributed by atoms with van der Waals surface area (Å²) < 4.78 is 6.47. The molecule has 2 aromatic rings. The van der Waals surface area contributed by atoms with Crippen LogP contribution >= 0.6 is 15.9 Å². The number of ether oxygens (including phenoxy) is 1. The Balaban J connectivity index is 2.30. The molecule has 1 aliphatic heterocycles. The third kappa shape index (κ3) is 1.26. The fourth-order valence-electron chi connectivity index (χ4n) is 1.73. The summed E-state index contributed by atoms with van der Waals surface area (Å²) in [6.45, 7) is 0.858. The van der Waals surface area contributed by atoms with Crippen LogP contribution in [0.3, 0.4) is 0 Å². The maximum absolute atomic E-state index is 5.29. The first kappa shape index (κ1) is 8.45. The maximum atomic E-state index is 5.29. The van der Waals surface area contributed by atoms with Crippen molar-refractivity contribution in [2.24, 2.45) is 0 Å². The highest BCUT2D eigenvalue weighted by Gasteiger charge is 2.27. The molecule has 0 N–H and O–H groups in total. The van der Waals surface area contributed by atoms with E-state index in [-0.39, 0.29) is 0 Å². The van der Waals surface area contributed by atoms with E-state index in [0.29, 0.717) is 6.10 Å². The van der Waals surface area contributed by atoms with Crippen molar-refractivity contribution in [3.8, 4) is 0 Å². The normalized spacial score (nSPS) is 19.9. The second kappa shape index (κ2) is 3.07. The summed E-state index contributed by atoms with van der Waals surface area (Å²) in [5.41, 5.74) is 1.27. The quantitative estimate of drug-likeness (QED) is 0.702. The summed E-state index contributed by atoms with van der Waals surface area (Å²) in [6.07, 6.45) is 0.314. The zero-order valence-corrected chi connectivity index (χ0v) is 9.12. The average molecular weight is 249 g/mol. The minimum Gasteiger partial charge on any atom is -0.368 e. The van der Waals surface area contributed by atoms with E-state index >= 15 is 0 Å². The molecular weight excluding hydrogens is 240 g/mol. The molecule has 0 bridgehead atoms. The predicted molar refractivity (Wildman–Crippen MR) is 60.3 cm³/mol. The van der Waals surface area contributed by atoms with E-state index in [1.165, 1.54) is 20.8 Å². The summed E-state index contributed by atoms with van der Waals surface area (Å²) in [5.74, 6) is 0. The first-order valence-corrected chi connectivity index (χ1v) is 5.44. The van der Waals surface area contributed by atoms with E-state index in [4.69, 9.17) is 4.74 Å². The minimum atomic E-state index is 0.314. The molecule has 1 saturated heterocycles. The van der Waals surface area contributed by atoms with Crippen LogP contribution < -0.4 is 0 Å². The van der Waals surface area contributed by atoms with Crippen LogP contribution in [0.1, 0.15) is 11.7 Å². The van der Waals surface area contributed by atoms with Gasteiger partial charge >= 0.3 is 0 Å². The van der Waals surface area contributed by atoms with Gasteiger partial charge in [-0.25, -0.2) is 0 Å². The maximum Gasteiger partial charge on any atom is 0.107 e. The lowest BCUT2D eigenvalue weighted by Crippen LogP contribution is -1.84. The van der Waals surface area contributed by atoms with Crippen LogP contribution in [0.2, 0.25) is 0 Å². The highest BCUT2D eigenvalue weighted by Crippen LogP contribution is 2.38. The largest absolute Gasteiger partial charge is 0.368 e. The summed E-state index contributed by atoms with van der Waals surface area (Å²) in [6, 6.07) is 12.7. The van der Waals surface area contributed by atoms with E-state index in [0.717, 1.165) is 6.61 Å². The van der Waals surface area contributed by atoms with Crippen LogP contribution in [-0.2, 0) is 4.74 Å². The third-order valence-electron chi connectivity index (χ3n) is 2.57. The topological polar surface area (TPSA) is 12.5 Å². The smallest absolute Gasteiger partial charge is 0.107 e. The molecule has 1 nitrogen and oxygen atoms in total. The number of epoxide rings is 1. The van der Waals surface area contributed by atoms with Gasteiger partial charge in [-0.15, -0.1) is 0 Å². The van der Waals surface area contributed by atoms with Gasteiger partial charge in [0, 0.05) is 4.47 Å². The van der Waals surface area contributed by atoms with E-state index < -0.39 is 0 Å². The SMILES string of the molecule is Brc1c(C2CO2)ccc2ccccc12. The van der Waals surface area contributed by atoms with E-state index in [2.05, 4.69) is 52.3 Å². The minimum absolute atomic E-state index is 0.314. The molecular formula is C12H9BrO. The molecule has 0 aromatic heterocycles. The molecule has 1 fully saturated rings. The molecule has 0 radical (unpaired) electrons. The molecule has 0 spiro atoms. The number of hydrogen-bond donors (Lipinski definition) is 0. The zero-order valence-electron chi connectivity index (χ0n) is 7.53. The molecule has 0 aliphatic carbocycles. The first-order chi connectivity index (χ1) is 6.86. The molecule has 2 aromatic carbocycles. The Morgan fingerprint density at radius 3 is 2.71 bits per heavy atom. The molecule has 2 heteroatoms. The lowest BCUT2D eigenvalue weighted by molar-refractivity contribution is 0.415. The van der Waals surface area contributed by atoms with E-state index in [9.17, 15) is 0 Å². The van der Waals surface area contributed by atoms with E-state index in [1.54, 1.807) is 0 Å². The van der Waals surface area contributed by atoms with Crippen molar-refractivity contribution in [3.63, 3.8) is 0 Å². The second-order valence-corrected chi connectivity index (χ2v) is 4.30. The van der Waals surface area contributed by atoms with Crippen LogP contribution in [0.5, 0.6) is 0 Å². The van der Waals surface area contributed by atoms with Crippen molar-refractivity contribution in [2.75, 3.05) is 6.61 Å². The Kier molecular flexibility index (Phi) is 1.85. The summed E-state index contributed by atoms with van der Waals surface area (Å²) in [5, 5.41) is 2.53. The Morgan fingerprint density at radius 2 is 1.93 bits per heavy atom. The van der Waals surface area contributed by atoms with Gasteiger partial charge < -0.3 is 4.74 Å². The van der Waals surface area contributed by atoms with Crippen LogP contribution in [0.25, 0.3) is 10.8 Å². The fourth-order valence-corrected chi connectivity index (χ4v) is 2.48. The first-order valence-electron chi connectivity index (χ1n) is 4.65. The molecule has 1 heterocycles. The number of halogens is 1. The molecule has 1 atom stereocenters. The average Bonchev–Trinajstić information content (AvgIpc) is 3.03. The van der Waals surface area contributed by atoms with E-state index in [1.807, 2.05) is 0 Å². The van der Waals surface area contributed by atoms with Gasteiger partial charge in [-0.1, -0.05) is 36.4 Å². The Labute approximate surface area is 90.8 Å². The second-order valence-electron chi connectivity index (χ2n) is 3.51. The van der Waals surface area contributed by atoms with Gasteiger partial charge in [0.15, 0.2) is 0 Å². The molecule has 0 amide bonds. The van der Waals surface area contributed by atoms with Crippen molar-refractivity contribution in [3.05, 3.63) is 46.4 Å². The summed E-state index contributed by atoms with van der Waals surface area (Å²) in [4.78, 5) is 0. The van der Waals surface area contributed by atoms with Gasteiger partial charge in [0.05, 0.1) is 6.61 Å². The molecule has 70 valence electrons. The Morgan fingerprint density at radius 1 is 1.14 bits per heavy atom. The van der Waals surface area contributed by atoms with Crippen LogP contribution in [0.15, 0.2) is 40.9 Å². The van der Waals surface area contributed by atoms with Gasteiger partial charge in [-0.2, -0.15) is 0 Å². The van der Waals surface area contributed by atoms with Gasteiger partial charge in [-0.05, 0) is 32.3 Å². The van der Waals surface area contributed by atoms with Crippen LogP contribution in [0.4, 0.5) is 0 Å². The third-order valence-corrected chi connectivity index (χ3v) is 3.46. The van der Waals surface area contributed by atoms with Crippen molar-refractivity contribution >= 4 is 26.7 Å². The van der Waals surface area contributed by atoms with Gasteiger partial charge in [0.1, 0.15) is 6.10 Å². The van der Waals surface area contributed by atoms with Gasteiger partial charge in [0.25, 0.3) is 0 Å². The van der Waals surface area contributed by atoms with Crippen molar-refractivity contribution in [1.29, 1.82) is 0 Å². The lowest BCUT2D eigenvalue weighted by Gasteiger charge is -2.04. The predicted octanol–water partition coefficient (Wildman–Crippen LogP) is 3.67. The van der Waals surface area contributed by atoms with Gasteiger partial charge in [0.2, 0.25) is 0 Å². The molecule has 1 aliphatic rings. The fraction of sp³-hybridized carbons (Fsp3) is 0.167.